The molecule has 8 nitrogen and oxygen atoms in total. The van der Waals surface area contributed by atoms with Gasteiger partial charge in [0.25, 0.3) is 15.7 Å². The number of rotatable bonds is 4. The third-order valence-corrected chi connectivity index (χ3v) is 7.68. The summed E-state index contributed by atoms with van der Waals surface area (Å²) in [6, 6.07) is 12.0. The van der Waals surface area contributed by atoms with E-state index in [9.17, 15) is 23.3 Å². The van der Waals surface area contributed by atoms with E-state index in [0.717, 1.165) is 6.07 Å². The van der Waals surface area contributed by atoms with Gasteiger partial charge in [0.2, 0.25) is 0 Å². The van der Waals surface area contributed by atoms with Crippen LogP contribution in [0.3, 0.4) is 0 Å². The van der Waals surface area contributed by atoms with Crippen molar-refractivity contribution in [1.82, 2.24) is 0 Å². The average molecular weight is 499 g/mol. The second kappa shape index (κ2) is 7.54. The Labute approximate surface area is 199 Å². The summed E-state index contributed by atoms with van der Waals surface area (Å²) in [5.41, 5.74) is 0.491. The summed E-state index contributed by atoms with van der Waals surface area (Å²) in [4.78, 5) is 23.2. The molecule has 1 heterocycles. The Kier molecular flexibility index (Phi) is 4.96. The number of hydrogen-bond acceptors (Lipinski definition) is 6. The molecule has 0 amide bonds. The highest BCUT2D eigenvalue weighted by molar-refractivity contribution is 7.92. The van der Waals surface area contributed by atoms with Gasteiger partial charge in [0.15, 0.2) is 5.78 Å². The Balaban J connectivity index is 1.70. The zero-order chi connectivity index (χ0) is 24.4. The first kappa shape index (κ1) is 22.4. The molecule has 34 heavy (non-hydrogen) atoms. The molecule has 0 saturated carbocycles. The molecule has 1 aromatic heterocycles. The first-order chi connectivity index (χ1) is 16.0. The molecule has 0 radical (unpaired) electrons. The standard InChI is InChI=1S/C24H19ClN2O6S/c1-24(2)11-20(28)22-16-10-18(14-5-3-4-6-15(14)23(16)33-21(22)12-24)26-34(31,32)13-7-8-17(25)19(9-13)27(29)30/h3-10,26H,11-12H2,1-2H3. The van der Waals surface area contributed by atoms with Crippen LogP contribution < -0.4 is 4.72 Å². The normalized spacial score (nSPS) is 15.4. The lowest BCUT2D eigenvalue weighted by Crippen LogP contribution is -2.25. The maximum absolute atomic E-state index is 13.2. The predicted octanol–water partition coefficient (Wildman–Crippen LogP) is 6.10. The lowest BCUT2D eigenvalue weighted by molar-refractivity contribution is -0.384. The number of halogens is 1. The van der Waals surface area contributed by atoms with Crippen LogP contribution in [0.25, 0.3) is 21.7 Å². The van der Waals surface area contributed by atoms with E-state index in [0.29, 0.717) is 45.9 Å². The number of benzene rings is 3. The van der Waals surface area contributed by atoms with Gasteiger partial charge >= 0.3 is 0 Å². The van der Waals surface area contributed by atoms with Crippen molar-refractivity contribution < 1.29 is 22.6 Å². The van der Waals surface area contributed by atoms with Gasteiger partial charge in [-0.25, -0.2) is 8.42 Å². The minimum atomic E-state index is -4.21. The molecule has 1 aliphatic rings. The number of nitrogens with one attached hydrogen (secondary N) is 1. The van der Waals surface area contributed by atoms with Crippen LogP contribution in [0, 0.1) is 15.5 Å². The molecule has 0 saturated heterocycles. The van der Waals surface area contributed by atoms with Gasteiger partial charge in [0.05, 0.1) is 21.1 Å². The van der Waals surface area contributed by atoms with Crippen LogP contribution in [0.4, 0.5) is 11.4 Å². The Hall–Kier alpha value is -3.43. The zero-order valence-electron chi connectivity index (χ0n) is 18.2. The molecule has 0 aliphatic heterocycles. The number of ketones is 1. The number of nitro benzene ring substituents is 1. The Morgan fingerprint density at radius 1 is 1.06 bits per heavy atom. The van der Waals surface area contributed by atoms with E-state index >= 15 is 0 Å². The first-order valence-electron chi connectivity index (χ1n) is 10.4. The molecular weight excluding hydrogens is 480 g/mol. The molecule has 10 heteroatoms. The van der Waals surface area contributed by atoms with Crippen LogP contribution in [0.1, 0.15) is 36.4 Å². The molecular formula is C24H19ClN2O6S. The van der Waals surface area contributed by atoms with Crippen LogP contribution in [-0.2, 0) is 16.4 Å². The minimum absolute atomic E-state index is 0.0533. The zero-order valence-corrected chi connectivity index (χ0v) is 19.8. The number of anilines is 1. The molecule has 3 aromatic carbocycles. The largest absolute Gasteiger partial charge is 0.460 e. The monoisotopic (exact) mass is 498 g/mol. The lowest BCUT2D eigenvalue weighted by Gasteiger charge is -2.27. The van der Waals surface area contributed by atoms with Crippen molar-refractivity contribution in [2.24, 2.45) is 5.41 Å². The van der Waals surface area contributed by atoms with Gasteiger partial charge in [-0.2, -0.15) is 0 Å². The van der Waals surface area contributed by atoms with Crippen molar-refractivity contribution in [3.8, 4) is 0 Å². The van der Waals surface area contributed by atoms with E-state index in [1.54, 1.807) is 30.3 Å². The highest BCUT2D eigenvalue weighted by Gasteiger charge is 2.36. The highest BCUT2D eigenvalue weighted by Crippen LogP contribution is 2.43. The fourth-order valence-electron chi connectivity index (χ4n) is 4.51. The summed E-state index contributed by atoms with van der Waals surface area (Å²) in [6.45, 7) is 4.01. The fourth-order valence-corrected chi connectivity index (χ4v) is 5.78. The Morgan fingerprint density at radius 2 is 1.76 bits per heavy atom. The molecule has 5 rings (SSSR count). The van der Waals surface area contributed by atoms with E-state index in [-0.39, 0.29) is 26.8 Å². The summed E-state index contributed by atoms with van der Waals surface area (Å²) < 4.78 is 35.0. The Morgan fingerprint density at radius 3 is 2.47 bits per heavy atom. The number of fused-ring (bicyclic) bond motifs is 5. The van der Waals surface area contributed by atoms with Crippen LogP contribution in [0.2, 0.25) is 5.02 Å². The van der Waals surface area contributed by atoms with Crippen molar-refractivity contribution in [1.29, 1.82) is 0 Å². The van der Waals surface area contributed by atoms with Gasteiger partial charge < -0.3 is 4.42 Å². The van der Waals surface area contributed by atoms with Gasteiger partial charge in [0, 0.05) is 35.1 Å². The van der Waals surface area contributed by atoms with E-state index in [1.165, 1.54) is 12.1 Å². The average Bonchev–Trinajstić information content (AvgIpc) is 3.11. The topological polar surface area (TPSA) is 120 Å². The van der Waals surface area contributed by atoms with Crippen molar-refractivity contribution in [3.05, 3.63) is 75.0 Å². The number of Topliss-reactive ketones (excluding diaryl/α,β-unsaturated/α-hetero) is 1. The first-order valence-corrected chi connectivity index (χ1v) is 12.3. The minimum Gasteiger partial charge on any atom is -0.460 e. The molecule has 0 fully saturated rings. The molecule has 4 aromatic rings. The molecule has 0 unspecified atom stereocenters. The van der Waals surface area contributed by atoms with E-state index in [1.807, 2.05) is 13.8 Å². The smallest absolute Gasteiger partial charge is 0.289 e. The lowest BCUT2D eigenvalue weighted by atomic mass is 9.76. The van der Waals surface area contributed by atoms with E-state index < -0.39 is 20.6 Å². The third-order valence-electron chi connectivity index (χ3n) is 5.99. The number of carbonyl (C=O) groups excluding carboxylic acids is 1. The second-order valence-electron chi connectivity index (χ2n) is 9.16. The van der Waals surface area contributed by atoms with Crippen LogP contribution in [0.5, 0.6) is 0 Å². The van der Waals surface area contributed by atoms with E-state index in [4.69, 9.17) is 16.0 Å². The van der Waals surface area contributed by atoms with Gasteiger partial charge in [-0.3, -0.25) is 19.6 Å². The van der Waals surface area contributed by atoms with Gasteiger partial charge in [-0.05, 0) is 23.6 Å². The molecule has 0 spiro atoms. The highest BCUT2D eigenvalue weighted by atomic mass is 35.5. The SMILES string of the molecule is CC1(C)CC(=O)c2c(oc3c2cc(NS(=O)(=O)c2ccc(Cl)c([N+](=O)[O-])c2)c2ccccc23)C1. The molecule has 0 bridgehead atoms. The van der Waals surface area contributed by atoms with Crippen molar-refractivity contribution in [2.75, 3.05) is 4.72 Å². The summed E-state index contributed by atoms with van der Waals surface area (Å²) in [6.07, 6.45) is 0.948. The third kappa shape index (κ3) is 3.61. The van der Waals surface area contributed by atoms with Crippen LogP contribution >= 0.6 is 11.6 Å². The maximum atomic E-state index is 13.2. The van der Waals surface area contributed by atoms with Gasteiger partial charge in [-0.1, -0.05) is 49.7 Å². The fraction of sp³-hybridized carbons (Fsp3) is 0.208. The summed E-state index contributed by atoms with van der Waals surface area (Å²) in [5, 5.41) is 12.8. The molecule has 1 aliphatic carbocycles. The molecule has 1 N–H and O–H groups in total. The summed E-state index contributed by atoms with van der Waals surface area (Å²) >= 11 is 5.83. The number of nitro groups is 1. The van der Waals surface area contributed by atoms with Gasteiger partial charge in [-0.15, -0.1) is 0 Å². The predicted molar refractivity (Wildman–Crippen MR) is 129 cm³/mol. The summed E-state index contributed by atoms with van der Waals surface area (Å²) in [5.74, 6) is 0.539. The molecule has 0 atom stereocenters. The second-order valence-corrected chi connectivity index (χ2v) is 11.3. The number of carbonyl (C=O) groups is 1. The number of sulfonamides is 1. The number of hydrogen-bond donors (Lipinski definition) is 1. The van der Waals surface area contributed by atoms with E-state index in [2.05, 4.69) is 4.72 Å². The number of nitrogens with zero attached hydrogens (tertiary/aromatic N) is 1. The quantitative estimate of drug-likeness (QED) is 0.268. The number of furan rings is 1. The van der Waals surface area contributed by atoms with Gasteiger partial charge in [0.1, 0.15) is 16.4 Å². The van der Waals surface area contributed by atoms with Crippen molar-refractivity contribution >= 4 is 60.5 Å². The maximum Gasteiger partial charge on any atom is 0.289 e. The summed E-state index contributed by atoms with van der Waals surface area (Å²) in [7, 11) is -4.21. The van der Waals surface area contributed by atoms with Crippen molar-refractivity contribution in [3.63, 3.8) is 0 Å². The van der Waals surface area contributed by atoms with Crippen LogP contribution in [0.15, 0.2) is 57.8 Å². The Bertz CT molecular complexity index is 1640. The van der Waals surface area contributed by atoms with Crippen molar-refractivity contribution in [2.45, 2.75) is 31.6 Å². The molecule has 174 valence electrons. The van der Waals surface area contributed by atoms with Crippen LogP contribution in [-0.4, -0.2) is 19.1 Å².